The molecule has 1 aromatic heterocycles. The molecular formula is C18H25ClN2. The Balaban J connectivity index is 1.94. The first-order valence-corrected chi connectivity index (χ1v) is 8.54. The highest BCUT2D eigenvalue weighted by atomic mass is 35.5. The number of benzene rings is 1. The van der Waals surface area contributed by atoms with Crippen LogP contribution in [-0.4, -0.2) is 10.6 Å². The smallest absolute Gasteiger partial charge is 0.0498 e. The van der Waals surface area contributed by atoms with Gasteiger partial charge >= 0.3 is 0 Å². The molecule has 0 amide bonds. The van der Waals surface area contributed by atoms with E-state index in [0.717, 1.165) is 23.9 Å². The Morgan fingerprint density at radius 1 is 1.29 bits per heavy atom. The Morgan fingerprint density at radius 2 is 2.05 bits per heavy atom. The molecule has 3 heteroatoms. The lowest BCUT2D eigenvalue weighted by Gasteiger charge is -2.22. The van der Waals surface area contributed by atoms with Crippen molar-refractivity contribution in [2.45, 2.75) is 58.0 Å². The fraction of sp³-hybridized carbons (Fsp3) is 0.556. The zero-order valence-corrected chi connectivity index (χ0v) is 13.6. The number of rotatable bonds is 4. The average molecular weight is 305 g/mol. The van der Waals surface area contributed by atoms with Crippen molar-refractivity contribution in [3.8, 4) is 0 Å². The van der Waals surface area contributed by atoms with Gasteiger partial charge in [-0.2, -0.15) is 0 Å². The lowest BCUT2D eigenvalue weighted by molar-refractivity contribution is 0.322. The average Bonchev–Trinajstić information content (AvgIpc) is 2.76. The first-order valence-electron chi connectivity index (χ1n) is 8.16. The van der Waals surface area contributed by atoms with E-state index >= 15 is 0 Å². The van der Waals surface area contributed by atoms with Gasteiger partial charge in [0.2, 0.25) is 0 Å². The molecule has 0 radical (unpaired) electrons. The topological polar surface area (TPSA) is 30.9 Å². The van der Waals surface area contributed by atoms with Crippen molar-refractivity contribution >= 4 is 22.5 Å². The Kier molecular flexibility index (Phi) is 4.56. The van der Waals surface area contributed by atoms with Crippen LogP contribution in [0.15, 0.2) is 24.4 Å². The molecule has 1 fully saturated rings. The summed E-state index contributed by atoms with van der Waals surface area (Å²) < 4.78 is 2.41. The Labute approximate surface area is 132 Å². The zero-order chi connectivity index (χ0) is 14.8. The minimum Gasteiger partial charge on any atom is -0.347 e. The summed E-state index contributed by atoms with van der Waals surface area (Å²) in [4.78, 5) is 0. The van der Waals surface area contributed by atoms with Crippen molar-refractivity contribution in [1.82, 2.24) is 4.57 Å². The van der Waals surface area contributed by atoms with Gasteiger partial charge in [0, 0.05) is 34.7 Å². The minimum atomic E-state index is 0.189. The van der Waals surface area contributed by atoms with Crippen LogP contribution in [0.25, 0.3) is 10.9 Å². The van der Waals surface area contributed by atoms with E-state index in [-0.39, 0.29) is 6.04 Å². The molecule has 0 bridgehead atoms. The number of nitrogens with two attached hydrogens (primary N) is 1. The van der Waals surface area contributed by atoms with Gasteiger partial charge in [-0.3, -0.25) is 0 Å². The van der Waals surface area contributed by atoms with Crippen molar-refractivity contribution in [2.24, 2.45) is 11.7 Å². The van der Waals surface area contributed by atoms with Crippen LogP contribution in [0.5, 0.6) is 0 Å². The second-order valence-electron chi connectivity index (χ2n) is 6.65. The molecule has 1 aliphatic carbocycles. The number of nitrogens with zero attached hydrogens (tertiary/aromatic N) is 1. The van der Waals surface area contributed by atoms with Gasteiger partial charge in [0.15, 0.2) is 0 Å². The van der Waals surface area contributed by atoms with Gasteiger partial charge < -0.3 is 10.3 Å². The molecule has 1 atom stereocenters. The predicted molar refractivity (Wildman–Crippen MR) is 90.9 cm³/mol. The normalized spacial score (nSPS) is 18.2. The summed E-state index contributed by atoms with van der Waals surface area (Å²) in [6, 6.07) is 6.42. The Bertz CT molecular complexity index is 609. The molecule has 2 aromatic rings. The number of halogens is 1. The third kappa shape index (κ3) is 3.44. The Hall–Kier alpha value is -0.990. The van der Waals surface area contributed by atoms with Crippen molar-refractivity contribution in [3.63, 3.8) is 0 Å². The van der Waals surface area contributed by atoms with Crippen LogP contribution in [0.2, 0.25) is 5.02 Å². The molecule has 21 heavy (non-hydrogen) atoms. The van der Waals surface area contributed by atoms with Gasteiger partial charge in [0.1, 0.15) is 0 Å². The van der Waals surface area contributed by atoms with E-state index in [1.165, 1.54) is 48.6 Å². The third-order valence-corrected chi connectivity index (χ3v) is 4.88. The van der Waals surface area contributed by atoms with Gasteiger partial charge in [-0.05, 0) is 49.8 Å². The SMILES string of the molecule is CC(N)Cc1cn(CC2CCCCC2)c2cc(Cl)ccc12. The van der Waals surface area contributed by atoms with Crippen molar-refractivity contribution in [1.29, 1.82) is 0 Å². The second kappa shape index (κ2) is 6.41. The summed E-state index contributed by atoms with van der Waals surface area (Å²) in [5.74, 6) is 0.816. The number of hydrogen-bond acceptors (Lipinski definition) is 1. The second-order valence-corrected chi connectivity index (χ2v) is 7.09. The monoisotopic (exact) mass is 304 g/mol. The molecule has 1 unspecified atom stereocenters. The molecule has 1 saturated carbocycles. The molecule has 3 rings (SSSR count). The van der Waals surface area contributed by atoms with Gasteiger partial charge in [-0.1, -0.05) is 36.9 Å². The zero-order valence-electron chi connectivity index (χ0n) is 12.8. The summed E-state index contributed by atoms with van der Waals surface area (Å²) in [6.07, 6.45) is 10.1. The predicted octanol–water partition coefficient (Wildman–Crippen LogP) is 4.76. The number of aromatic nitrogens is 1. The summed E-state index contributed by atoms with van der Waals surface area (Å²) in [5.41, 5.74) is 8.63. The summed E-state index contributed by atoms with van der Waals surface area (Å²) in [6.45, 7) is 3.19. The van der Waals surface area contributed by atoms with Gasteiger partial charge in [0.25, 0.3) is 0 Å². The molecule has 114 valence electrons. The van der Waals surface area contributed by atoms with E-state index in [1.807, 2.05) is 6.07 Å². The Morgan fingerprint density at radius 3 is 2.76 bits per heavy atom. The highest BCUT2D eigenvalue weighted by molar-refractivity contribution is 6.31. The molecule has 0 aliphatic heterocycles. The van der Waals surface area contributed by atoms with E-state index < -0.39 is 0 Å². The number of fused-ring (bicyclic) bond motifs is 1. The van der Waals surface area contributed by atoms with Gasteiger partial charge in [0.05, 0.1) is 0 Å². The first kappa shape index (κ1) is 14.9. The molecule has 2 nitrogen and oxygen atoms in total. The van der Waals surface area contributed by atoms with E-state index in [2.05, 4.69) is 29.8 Å². The quantitative estimate of drug-likeness (QED) is 0.867. The fourth-order valence-electron chi connectivity index (χ4n) is 3.65. The highest BCUT2D eigenvalue weighted by Gasteiger charge is 2.17. The fourth-order valence-corrected chi connectivity index (χ4v) is 3.82. The van der Waals surface area contributed by atoms with Crippen LogP contribution < -0.4 is 5.73 Å². The lowest BCUT2D eigenvalue weighted by atomic mass is 9.89. The van der Waals surface area contributed by atoms with Gasteiger partial charge in [-0.15, -0.1) is 0 Å². The van der Waals surface area contributed by atoms with E-state index in [1.54, 1.807) is 0 Å². The maximum atomic E-state index is 6.21. The van der Waals surface area contributed by atoms with Gasteiger partial charge in [-0.25, -0.2) is 0 Å². The van der Waals surface area contributed by atoms with Crippen LogP contribution >= 0.6 is 11.6 Å². The van der Waals surface area contributed by atoms with Crippen molar-refractivity contribution in [2.75, 3.05) is 0 Å². The summed E-state index contributed by atoms with van der Waals surface area (Å²) in [5, 5.41) is 2.13. The van der Waals surface area contributed by atoms with E-state index in [9.17, 15) is 0 Å². The molecular weight excluding hydrogens is 280 g/mol. The van der Waals surface area contributed by atoms with Crippen LogP contribution in [-0.2, 0) is 13.0 Å². The van der Waals surface area contributed by atoms with E-state index in [4.69, 9.17) is 17.3 Å². The molecule has 1 heterocycles. The first-order chi connectivity index (χ1) is 10.1. The minimum absolute atomic E-state index is 0.189. The standard InChI is InChI=1S/C18H25ClN2/c1-13(20)9-15-12-21(11-14-5-3-2-4-6-14)18-10-16(19)7-8-17(15)18/h7-8,10,12-14H,2-6,9,11,20H2,1H3. The van der Waals surface area contributed by atoms with Crippen molar-refractivity contribution < 1.29 is 0 Å². The lowest BCUT2D eigenvalue weighted by Crippen LogP contribution is -2.17. The largest absolute Gasteiger partial charge is 0.347 e. The van der Waals surface area contributed by atoms with Crippen molar-refractivity contribution in [3.05, 3.63) is 35.0 Å². The third-order valence-electron chi connectivity index (χ3n) is 4.65. The highest BCUT2D eigenvalue weighted by Crippen LogP contribution is 2.30. The van der Waals surface area contributed by atoms with Crippen LogP contribution in [0.4, 0.5) is 0 Å². The van der Waals surface area contributed by atoms with E-state index in [0.29, 0.717) is 0 Å². The molecule has 1 aromatic carbocycles. The summed E-state index contributed by atoms with van der Waals surface area (Å²) >= 11 is 6.21. The number of hydrogen-bond donors (Lipinski definition) is 1. The van der Waals surface area contributed by atoms with Crippen LogP contribution in [0.3, 0.4) is 0 Å². The summed E-state index contributed by atoms with van der Waals surface area (Å²) in [7, 11) is 0. The molecule has 2 N–H and O–H groups in total. The maximum absolute atomic E-state index is 6.21. The molecule has 0 saturated heterocycles. The van der Waals surface area contributed by atoms with Crippen LogP contribution in [0, 0.1) is 5.92 Å². The molecule has 1 aliphatic rings. The maximum Gasteiger partial charge on any atom is 0.0498 e. The molecule has 0 spiro atoms. The van der Waals surface area contributed by atoms with Crippen LogP contribution in [0.1, 0.15) is 44.6 Å².